The van der Waals surface area contributed by atoms with Gasteiger partial charge >= 0.3 is 0 Å². The number of aliphatic hydroxyl groups excluding tert-OH is 1. The lowest BCUT2D eigenvalue weighted by molar-refractivity contribution is -0.117. The molecule has 0 fully saturated rings. The van der Waals surface area contributed by atoms with Gasteiger partial charge in [-0.15, -0.1) is 0 Å². The van der Waals surface area contributed by atoms with Gasteiger partial charge in [-0.2, -0.15) is 0 Å². The van der Waals surface area contributed by atoms with E-state index in [1.807, 2.05) is 31.2 Å². The van der Waals surface area contributed by atoms with Gasteiger partial charge in [-0.3, -0.25) is 9.69 Å². The molecule has 1 amide bonds. The lowest BCUT2D eigenvalue weighted by Crippen LogP contribution is -2.30. The number of anilines is 1. The molecule has 4 rings (SSSR count). The molecule has 2 heterocycles. The van der Waals surface area contributed by atoms with E-state index in [9.17, 15) is 9.90 Å². The SMILES string of the molecule is Cc1ccc(C2C(c3ccc(Cl)cc3)=C(O)C(=O)N2c2cc(C)on2)cc1. The molecule has 27 heavy (non-hydrogen) atoms. The van der Waals surface area contributed by atoms with Crippen molar-refractivity contribution in [2.45, 2.75) is 19.9 Å². The molecule has 0 bridgehead atoms. The molecule has 2 aromatic carbocycles. The van der Waals surface area contributed by atoms with E-state index >= 15 is 0 Å². The van der Waals surface area contributed by atoms with Gasteiger partial charge in [0, 0.05) is 16.7 Å². The van der Waals surface area contributed by atoms with Gasteiger partial charge in [-0.05, 0) is 37.1 Å². The molecule has 136 valence electrons. The molecule has 0 radical (unpaired) electrons. The van der Waals surface area contributed by atoms with Crippen molar-refractivity contribution in [3.05, 3.63) is 87.8 Å². The summed E-state index contributed by atoms with van der Waals surface area (Å²) in [5.41, 5.74) is 3.21. The molecule has 0 spiro atoms. The van der Waals surface area contributed by atoms with Gasteiger partial charge < -0.3 is 9.63 Å². The van der Waals surface area contributed by atoms with Crippen molar-refractivity contribution in [1.82, 2.24) is 5.16 Å². The Bertz CT molecular complexity index is 1040. The summed E-state index contributed by atoms with van der Waals surface area (Å²) in [6.45, 7) is 3.75. The molecule has 1 aliphatic heterocycles. The number of hydrogen-bond donors (Lipinski definition) is 1. The molecule has 6 heteroatoms. The average molecular weight is 381 g/mol. The molecule has 1 atom stereocenters. The van der Waals surface area contributed by atoms with Crippen molar-refractivity contribution in [1.29, 1.82) is 0 Å². The topological polar surface area (TPSA) is 66.6 Å². The highest BCUT2D eigenvalue weighted by Gasteiger charge is 2.43. The van der Waals surface area contributed by atoms with Crippen LogP contribution in [0.4, 0.5) is 5.82 Å². The minimum absolute atomic E-state index is 0.302. The van der Waals surface area contributed by atoms with E-state index in [0.717, 1.165) is 16.7 Å². The van der Waals surface area contributed by atoms with Gasteiger partial charge in [-0.25, -0.2) is 0 Å². The molecule has 1 N–H and O–H groups in total. The number of nitrogens with zero attached hydrogens (tertiary/aromatic N) is 2. The van der Waals surface area contributed by atoms with Crippen LogP contribution in [0.5, 0.6) is 0 Å². The second-order valence-electron chi connectivity index (χ2n) is 6.55. The van der Waals surface area contributed by atoms with E-state index in [4.69, 9.17) is 16.1 Å². The number of amides is 1. The lowest BCUT2D eigenvalue weighted by atomic mass is 9.93. The summed E-state index contributed by atoms with van der Waals surface area (Å²) in [5.74, 6) is 0.126. The predicted molar refractivity (Wildman–Crippen MR) is 104 cm³/mol. The van der Waals surface area contributed by atoms with Crippen LogP contribution in [0.1, 0.15) is 28.5 Å². The Morgan fingerprint density at radius 3 is 2.33 bits per heavy atom. The van der Waals surface area contributed by atoms with E-state index in [0.29, 0.717) is 22.2 Å². The number of benzene rings is 2. The Hall–Kier alpha value is -3.05. The van der Waals surface area contributed by atoms with Gasteiger partial charge in [0.25, 0.3) is 5.91 Å². The number of rotatable bonds is 3. The number of halogens is 1. The van der Waals surface area contributed by atoms with E-state index in [1.54, 1.807) is 37.3 Å². The first-order valence-electron chi connectivity index (χ1n) is 8.48. The highest BCUT2D eigenvalue weighted by atomic mass is 35.5. The monoisotopic (exact) mass is 380 g/mol. The van der Waals surface area contributed by atoms with Gasteiger partial charge in [0.15, 0.2) is 11.6 Å². The van der Waals surface area contributed by atoms with Crippen LogP contribution in [-0.2, 0) is 4.79 Å². The molecule has 5 nitrogen and oxygen atoms in total. The highest BCUT2D eigenvalue weighted by molar-refractivity contribution is 6.30. The van der Waals surface area contributed by atoms with Crippen molar-refractivity contribution in [2.75, 3.05) is 4.90 Å². The molecule has 0 saturated heterocycles. The third kappa shape index (κ3) is 3.00. The van der Waals surface area contributed by atoms with E-state index in [1.165, 1.54) is 4.90 Å². The Morgan fingerprint density at radius 1 is 1.07 bits per heavy atom. The van der Waals surface area contributed by atoms with Crippen LogP contribution in [0.25, 0.3) is 5.57 Å². The van der Waals surface area contributed by atoms with Crippen LogP contribution < -0.4 is 4.90 Å². The Morgan fingerprint density at radius 2 is 1.74 bits per heavy atom. The first-order chi connectivity index (χ1) is 13.0. The fraction of sp³-hybridized carbons (Fsp3) is 0.143. The molecule has 0 aliphatic carbocycles. The standard InChI is InChI=1S/C21H17ClN2O3/c1-12-3-5-15(6-4-12)19-18(14-7-9-16(22)10-8-14)20(25)21(26)24(19)17-11-13(2)27-23-17/h3-11,19,25H,1-2H3. The zero-order valence-electron chi connectivity index (χ0n) is 14.8. The number of carbonyl (C=O) groups excluding carboxylic acids is 1. The highest BCUT2D eigenvalue weighted by Crippen LogP contribution is 2.45. The summed E-state index contributed by atoms with van der Waals surface area (Å²) < 4.78 is 5.16. The second-order valence-corrected chi connectivity index (χ2v) is 6.99. The Balaban J connectivity index is 1.90. The summed E-state index contributed by atoms with van der Waals surface area (Å²) >= 11 is 6.00. The minimum atomic E-state index is -0.524. The van der Waals surface area contributed by atoms with Crippen molar-refractivity contribution in [3.63, 3.8) is 0 Å². The zero-order valence-corrected chi connectivity index (χ0v) is 15.6. The first kappa shape index (κ1) is 17.4. The maximum absolute atomic E-state index is 12.9. The number of hydrogen-bond acceptors (Lipinski definition) is 4. The molecule has 1 aromatic heterocycles. The van der Waals surface area contributed by atoms with Gasteiger partial charge in [0.2, 0.25) is 0 Å². The molecule has 1 aliphatic rings. The van der Waals surface area contributed by atoms with Crippen LogP contribution in [0.2, 0.25) is 5.02 Å². The number of carbonyl (C=O) groups is 1. The summed E-state index contributed by atoms with van der Waals surface area (Å²) in [6.07, 6.45) is 0. The third-order valence-corrected chi connectivity index (χ3v) is 4.87. The van der Waals surface area contributed by atoms with Crippen LogP contribution in [0.3, 0.4) is 0 Å². The van der Waals surface area contributed by atoms with Crippen molar-refractivity contribution in [2.24, 2.45) is 0 Å². The normalized spacial score (nSPS) is 17.1. The van der Waals surface area contributed by atoms with E-state index in [-0.39, 0.29) is 5.76 Å². The van der Waals surface area contributed by atoms with E-state index < -0.39 is 11.9 Å². The summed E-state index contributed by atoms with van der Waals surface area (Å²) in [5, 5.41) is 15.3. The quantitative estimate of drug-likeness (QED) is 0.694. The van der Waals surface area contributed by atoms with Crippen LogP contribution >= 0.6 is 11.6 Å². The third-order valence-electron chi connectivity index (χ3n) is 4.62. The molecular formula is C21H17ClN2O3. The van der Waals surface area contributed by atoms with E-state index in [2.05, 4.69) is 5.16 Å². The van der Waals surface area contributed by atoms with Crippen LogP contribution in [0, 0.1) is 13.8 Å². The van der Waals surface area contributed by atoms with Crippen molar-refractivity contribution < 1.29 is 14.4 Å². The Labute approximate surface area is 161 Å². The van der Waals surface area contributed by atoms with Gasteiger partial charge in [-0.1, -0.05) is 58.7 Å². The molecular weight excluding hydrogens is 364 g/mol. The maximum Gasteiger partial charge on any atom is 0.295 e. The average Bonchev–Trinajstić information content (AvgIpc) is 3.18. The lowest BCUT2D eigenvalue weighted by Gasteiger charge is -2.25. The Kier molecular flexibility index (Phi) is 4.24. The first-order valence-corrected chi connectivity index (χ1v) is 8.86. The number of aryl methyl sites for hydroxylation is 2. The smallest absolute Gasteiger partial charge is 0.295 e. The predicted octanol–water partition coefficient (Wildman–Crippen LogP) is 5.00. The molecule has 3 aromatic rings. The zero-order chi connectivity index (χ0) is 19.1. The fourth-order valence-corrected chi connectivity index (χ4v) is 3.42. The van der Waals surface area contributed by atoms with Gasteiger partial charge in [0.1, 0.15) is 5.76 Å². The molecule has 1 unspecified atom stereocenters. The molecule has 0 saturated carbocycles. The van der Waals surface area contributed by atoms with Crippen LogP contribution in [-0.4, -0.2) is 16.2 Å². The van der Waals surface area contributed by atoms with Gasteiger partial charge in [0.05, 0.1) is 6.04 Å². The second kappa shape index (κ2) is 6.59. The fourth-order valence-electron chi connectivity index (χ4n) is 3.30. The largest absolute Gasteiger partial charge is 0.503 e. The summed E-state index contributed by atoms with van der Waals surface area (Å²) in [4.78, 5) is 14.4. The maximum atomic E-state index is 12.9. The summed E-state index contributed by atoms with van der Waals surface area (Å²) in [7, 11) is 0. The van der Waals surface area contributed by atoms with Crippen molar-refractivity contribution >= 4 is 28.9 Å². The summed E-state index contributed by atoms with van der Waals surface area (Å²) in [6, 6.07) is 16.0. The number of aliphatic hydroxyl groups is 1. The van der Waals surface area contributed by atoms with Crippen molar-refractivity contribution in [3.8, 4) is 0 Å². The minimum Gasteiger partial charge on any atom is -0.503 e. The number of aromatic nitrogens is 1. The van der Waals surface area contributed by atoms with Crippen LogP contribution in [0.15, 0.2) is 64.9 Å².